The zero-order valence-electron chi connectivity index (χ0n) is 20.2. The molecular formula is C26H30F2N4O4. The average molecular weight is 501 g/mol. The van der Waals surface area contributed by atoms with E-state index in [0.717, 1.165) is 13.1 Å². The van der Waals surface area contributed by atoms with Crippen molar-refractivity contribution < 1.29 is 27.8 Å². The molecule has 0 bridgehead atoms. The number of nitrogens with zero attached hydrogens (tertiary/aromatic N) is 4. The molecular weight excluding hydrogens is 470 g/mol. The number of benzene rings is 2. The number of rotatable bonds is 9. The summed E-state index contributed by atoms with van der Waals surface area (Å²) in [5, 5.41) is 5.92. The Morgan fingerprint density at radius 2 is 1.69 bits per heavy atom. The van der Waals surface area contributed by atoms with Crippen LogP contribution in [0.15, 0.2) is 53.6 Å². The van der Waals surface area contributed by atoms with E-state index in [9.17, 15) is 18.4 Å². The van der Waals surface area contributed by atoms with E-state index in [-0.39, 0.29) is 36.6 Å². The van der Waals surface area contributed by atoms with Crippen molar-refractivity contribution >= 4 is 17.5 Å². The van der Waals surface area contributed by atoms with E-state index in [0.29, 0.717) is 49.6 Å². The van der Waals surface area contributed by atoms with Gasteiger partial charge < -0.3 is 14.4 Å². The maximum absolute atomic E-state index is 13.6. The minimum atomic E-state index is -0.475. The molecule has 0 unspecified atom stereocenters. The van der Waals surface area contributed by atoms with E-state index < -0.39 is 6.04 Å². The maximum Gasteiger partial charge on any atom is 0.262 e. The van der Waals surface area contributed by atoms with Crippen molar-refractivity contribution in [3.63, 3.8) is 0 Å². The van der Waals surface area contributed by atoms with Crippen LogP contribution in [0, 0.1) is 11.6 Å². The van der Waals surface area contributed by atoms with Gasteiger partial charge in [-0.3, -0.25) is 14.5 Å². The summed E-state index contributed by atoms with van der Waals surface area (Å²) in [6.07, 6.45) is 0.378. The van der Waals surface area contributed by atoms with Crippen molar-refractivity contribution in [3.05, 3.63) is 71.3 Å². The van der Waals surface area contributed by atoms with Gasteiger partial charge in [0.25, 0.3) is 5.91 Å². The molecule has 2 amide bonds. The largest absolute Gasteiger partial charge is 0.379 e. The number of hydrazone groups is 1. The highest BCUT2D eigenvalue weighted by Crippen LogP contribution is 2.33. The van der Waals surface area contributed by atoms with E-state index in [2.05, 4.69) is 10.0 Å². The Labute approximate surface area is 209 Å². The predicted molar refractivity (Wildman–Crippen MR) is 129 cm³/mol. The Kier molecular flexibility index (Phi) is 8.74. The zero-order valence-corrected chi connectivity index (χ0v) is 20.2. The van der Waals surface area contributed by atoms with Crippen molar-refractivity contribution in [1.29, 1.82) is 0 Å². The van der Waals surface area contributed by atoms with Gasteiger partial charge in [-0.2, -0.15) is 5.10 Å². The standard InChI is InChI=1S/C26H30F2N4O4/c1-35-18-26(34)31(11-10-30-12-14-36-15-13-30)17-25(33)32-24(20-4-8-22(28)9-5-20)16-23(29-32)19-2-6-21(27)7-3-19/h2-9,24H,10-18H2,1H3/t24-/m0/s1. The number of carbonyl (C=O) groups is 2. The van der Waals surface area contributed by atoms with Crippen molar-refractivity contribution in [2.75, 3.05) is 59.7 Å². The third kappa shape index (κ3) is 6.51. The Morgan fingerprint density at radius 1 is 1.06 bits per heavy atom. The number of carbonyl (C=O) groups excluding carboxylic acids is 2. The Morgan fingerprint density at radius 3 is 2.33 bits per heavy atom. The summed E-state index contributed by atoms with van der Waals surface area (Å²) in [6, 6.07) is 11.3. The molecule has 192 valence electrons. The van der Waals surface area contributed by atoms with Crippen LogP contribution >= 0.6 is 0 Å². The fourth-order valence-corrected chi connectivity index (χ4v) is 4.33. The molecule has 0 aromatic heterocycles. The highest BCUT2D eigenvalue weighted by Gasteiger charge is 2.34. The topological polar surface area (TPSA) is 74.7 Å². The lowest BCUT2D eigenvalue weighted by atomic mass is 9.98. The van der Waals surface area contributed by atoms with Gasteiger partial charge in [-0.05, 0) is 35.4 Å². The molecule has 2 aromatic rings. The first-order valence-corrected chi connectivity index (χ1v) is 11.9. The molecule has 0 aliphatic carbocycles. The Hall–Kier alpha value is -3.21. The van der Waals surface area contributed by atoms with Gasteiger partial charge in [0.2, 0.25) is 5.91 Å². The molecule has 1 fully saturated rings. The highest BCUT2D eigenvalue weighted by molar-refractivity contribution is 6.03. The van der Waals surface area contributed by atoms with Crippen molar-refractivity contribution in [3.8, 4) is 0 Å². The maximum atomic E-state index is 13.6. The normalized spacial score (nSPS) is 18.2. The molecule has 0 radical (unpaired) electrons. The molecule has 4 rings (SSSR count). The van der Waals surface area contributed by atoms with Crippen LogP contribution in [0.5, 0.6) is 0 Å². The molecule has 0 saturated carbocycles. The van der Waals surface area contributed by atoms with Gasteiger partial charge in [0.05, 0.1) is 25.0 Å². The first-order chi connectivity index (χ1) is 17.4. The first kappa shape index (κ1) is 25.9. The van der Waals surface area contributed by atoms with E-state index in [4.69, 9.17) is 9.47 Å². The molecule has 2 aliphatic heterocycles. The lowest BCUT2D eigenvalue weighted by Gasteiger charge is -2.31. The van der Waals surface area contributed by atoms with Gasteiger partial charge in [0, 0.05) is 39.7 Å². The van der Waals surface area contributed by atoms with Crippen molar-refractivity contribution in [2.45, 2.75) is 12.5 Å². The summed E-state index contributed by atoms with van der Waals surface area (Å²) in [6.45, 7) is 3.47. The van der Waals surface area contributed by atoms with Crippen LogP contribution < -0.4 is 0 Å². The van der Waals surface area contributed by atoms with Crippen LogP contribution in [0.4, 0.5) is 8.78 Å². The number of hydrogen-bond donors (Lipinski definition) is 0. The van der Waals surface area contributed by atoms with Gasteiger partial charge in [-0.25, -0.2) is 13.8 Å². The Bertz CT molecular complexity index is 1070. The van der Waals surface area contributed by atoms with E-state index in [1.165, 1.54) is 41.3 Å². The van der Waals surface area contributed by atoms with Crippen LogP contribution in [-0.2, 0) is 19.1 Å². The first-order valence-electron chi connectivity index (χ1n) is 11.9. The summed E-state index contributed by atoms with van der Waals surface area (Å²) < 4.78 is 37.4. The molecule has 0 spiro atoms. The molecule has 2 aromatic carbocycles. The zero-order chi connectivity index (χ0) is 25.5. The fraction of sp³-hybridized carbons (Fsp3) is 0.423. The second-order valence-electron chi connectivity index (χ2n) is 8.77. The quantitative estimate of drug-likeness (QED) is 0.529. The van der Waals surface area contributed by atoms with Gasteiger partial charge in [0.1, 0.15) is 24.8 Å². The van der Waals surface area contributed by atoms with Gasteiger partial charge in [-0.1, -0.05) is 24.3 Å². The van der Waals surface area contributed by atoms with Crippen molar-refractivity contribution in [1.82, 2.24) is 14.8 Å². The highest BCUT2D eigenvalue weighted by atomic mass is 19.1. The molecule has 1 atom stereocenters. The third-order valence-corrected chi connectivity index (χ3v) is 6.33. The minimum absolute atomic E-state index is 0.137. The van der Waals surface area contributed by atoms with Crippen LogP contribution in [0.25, 0.3) is 0 Å². The van der Waals surface area contributed by atoms with Crippen LogP contribution in [0.3, 0.4) is 0 Å². The second-order valence-corrected chi connectivity index (χ2v) is 8.77. The van der Waals surface area contributed by atoms with E-state index >= 15 is 0 Å². The number of amides is 2. The van der Waals surface area contributed by atoms with Crippen molar-refractivity contribution in [2.24, 2.45) is 5.10 Å². The average Bonchev–Trinajstić information content (AvgIpc) is 3.33. The summed E-state index contributed by atoms with van der Waals surface area (Å²) in [7, 11) is 1.43. The minimum Gasteiger partial charge on any atom is -0.379 e. The Balaban J connectivity index is 1.54. The fourth-order valence-electron chi connectivity index (χ4n) is 4.33. The van der Waals surface area contributed by atoms with Crippen LogP contribution in [0.2, 0.25) is 0 Å². The second kappa shape index (κ2) is 12.2. The summed E-state index contributed by atoms with van der Waals surface area (Å²) in [5.41, 5.74) is 2.02. The van der Waals surface area contributed by atoms with Gasteiger partial charge in [-0.15, -0.1) is 0 Å². The number of halogens is 2. The molecule has 10 heteroatoms. The van der Waals surface area contributed by atoms with Gasteiger partial charge in [0.15, 0.2) is 0 Å². The lowest BCUT2D eigenvalue weighted by molar-refractivity contribution is -0.143. The number of methoxy groups -OCH3 is 1. The summed E-state index contributed by atoms with van der Waals surface area (Å²) >= 11 is 0. The van der Waals surface area contributed by atoms with E-state index in [1.807, 2.05) is 0 Å². The molecule has 8 nitrogen and oxygen atoms in total. The monoisotopic (exact) mass is 500 g/mol. The third-order valence-electron chi connectivity index (χ3n) is 6.33. The summed E-state index contributed by atoms with van der Waals surface area (Å²) in [5.74, 6) is -1.41. The lowest BCUT2D eigenvalue weighted by Crippen LogP contribution is -2.47. The van der Waals surface area contributed by atoms with Gasteiger partial charge >= 0.3 is 0 Å². The molecule has 36 heavy (non-hydrogen) atoms. The van der Waals surface area contributed by atoms with E-state index in [1.54, 1.807) is 24.3 Å². The summed E-state index contributed by atoms with van der Waals surface area (Å²) in [4.78, 5) is 29.9. The molecule has 0 N–H and O–H groups in total. The predicted octanol–water partition coefficient (Wildman–Crippen LogP) is 2.45. The molecule has 2 aliphatic rings. The number of morpholine rings is 1. The van der Waals surface area contributed by atoms with Crippen LogP contribution in [-0.4, -0.2) is 92.0 Å². The number of ether oxygens (including phenoxy) is 2. The molecule has 1 saturated heterocycles. The molecule has 2 heterocycles. The smallest absolute Gasteiger partial charge is 0.262 e. The van der Waals surface area contributed by atoms with Crippen LogP contribution in [0.1, 0.15) is 23.6 Å². The SMILES string of the molecule is COCC(=O)N(CCN1CCOCC1)CC(=O)N1N=C(c2ccc(F)cc2)C[C@H]1c1ccc(F)cc1. The number of hydrogen-bond acceptors (Lipinski definition) is 6.